The van der Waals surface area contributed by atoms with Gasteiger partial charge in [0.1, 0.15) is 23.1 Å². The highest BCUT2D eigenvalue weighted by Crippen LogP contribution is 2.39. The minimum Gasteiger partial charge on any atom is -0.457 e. The fourth-order valence-corrected chi connectivity index (χ4v) is 4.26. The summed E-state index contributed by atoms with van der Waals surface area (Å²) in [5.41, 5.74) is -0.773. The molecule has 0 aliphatic heterocycles. The lowest BCUT2D eigenvalue weighted by Crippen LogP contribution is -2.08. The molecule has 0 atom stereocenters. The number of aryl methyl sites for hydroxylation is 1. The Morgan fingerprint density at radius 1 is 0.971 bits per heavy atom. The lowest BCUT2D eigenvalue weighted by molar-refractivity contribution is -0.136. The Balaban J connectivity index is 1.85. The van der Waals surface area contributed by atoms with Gasteiger partial charge in [-0.2, -0.15) is 13.2 Å². The van der Waals surface area contributed by atoms with Crippen LogP contribution in [0.25, 0.3) is 22.2 Å². The molecule has 4 rings (SSSR count). The molecule has 0 N–H and O–H groups in total. The molecule has 11 heteroatoms. The fourth-order valence-electron chi connectivity index (χ4n) is 3.39. The Morgan fingerprint density at radius 2 is 1.71 bits per heavy atom. The van der Waals surface area contributed by atoms with E-state index in [0.29, 0.717) is 0 Å². The van der Waals surface area contributed by atoms with Crippen LogP contribution in [-0.2, 0) is 16.0 Å². The molecule has 0 amide bonds. The molecule has 0 saturated carbocycles. The summed E-state index contributed by atoms with van der Waals surface area (Å²) in [6.07, 6.45) is -3.69. The average Bonchev–Trinajstić information content (AvgIpc) is 2.72. The van der Waals surface area contributed by atoms with Gasteiger partial charge in [0.25, 0.3) is 0 Å². The van der Waals surface area contributed by atoms with Crippen molar-refractivity contribution in [3.05, 3.63) is 76.8 Å². The zero-order valence-electron chi connectivity index (χ0n) is 17.6. The Labute approximate surface area is 196 Å². The van der Waals surface area contributed by atoms with Crippen molar-refractivity contribution in [1.82, 2.24) is 9.97 Å². The molecule has 34 heavy (non-hydrogen) atoms. The van der Waals surface area contributed by atoms with Crippen LogP contribution in [0.4, 0.5) is 17.6 Å². The molecule has 176 valence electrons. The first-order chi connectivity index (χ1) is 15.8. The largest absolute Gasteiger partial charge is 0.457 e. The van der Waals surface area contributed by atoms with E-state index in [1.165, 1.54) is 37.3 Å². The van der Waals surface area contributed by atoms with Crippen molar-refractivity contribution in [2.24, 2.45) is 0 Å². The number of nitrogens with zero attached hydrogens (tertiary/aromatic N) is 2. The van der Waals surface area contributed by atoms with E-state index in [2.05, 4.69) is 9.97 Å². The Bertz CT molecular complexity index is 1540. The van der Waals surface area contributed by atoms with E-state index >= 15 is 0 Å². The normalized spacial score (nSPS) is 12.2. The predicted molar refractivity (Wildman–Crippen MR) is 119 cm³/mol. The number of hydrogen-bond acceptors (Lipinski definition) is 5. The van der Waals surface area contributed by atoms with Gasteiger partial charge >= 0.3 is 6.18 Å². The van der Waals surface area contributed by atoms with Gasteiger partial charge in [0.2, 0.25) is 0 Å². The topological polar surface area (TPSA) is 69.2 Å². The Morgan fingerprint density at radius 3 is 2.38 bits per heavy atom. The lowest BCUT2D eigenvalue weighted by atomic mass is 10.0. The van der Waals surface area contributed by atoms with Crippen LogP contribution in [0.3, 0.4) is 0 Å². The van der Waals surface area contributed by atoms with Crippen molar-refractivity contribution in [3.8, 4) is 22.8 Å². The summed E-state index contributed by atoms with van der Waals surface area (Å²) < 4.78 is 83.8. The number of rotatable bonds is 4. The van der Waals surface area contributed by atoms with Gasteiger partial charge in [-0.3, -0.25) is 0 Å². The van der Waals surface area contributed by atoms with Gasteiger partial charge in [0.05, 0.1) is 26.7 Å². The number of hydrogen-bond donors (Lipinski definition) is 0. The number of benzene rings is 3. The number of ether oxygens (including phenoxy) is 1. The van der Waals surface area contributed by atoms with Gasteiger partial charge in [-0.25, -0.2) is 22.8 Å². The highest BCUT2D eigenvalue weighted by Gasteiger charge is 2.34. The molecule has 0 saturated heterocycles. The predicted octanol–water partition coefficient (Wildman–Crippen LogP) is 6.61. The summed E-state index contributed by atoms with van der Waals surface area (Å²) in [6, 6.07) is 11.0. The number of para-hydroxylation sites is 1. The van der Waals surface area contributed by atoms with E-state index in [4.69, 9.17) is 16.3 Å². The van der Waals surface area contributed by atoms with Crippen LogP contribution in [0.15, 0.2) is 59.5 Å². The molecule has 0 bridgehead atoms. The number of fused-ring (bicyclic) bond motifs is 1. The molecular formula is C23H15ClF4N2O3S. The second-order valence-electron chi connectivity index (χ2n) is 7.46. The van der Waals surface area contributed by atoms with Gasteiger partial charge in [0.15, 0.2) is 9.84 Å². The van der Waals surface area contributed by atoms with Crippen LogP contribution in [0.1, 0.15) is 11.4 Å². The molecule has 3 aromatic carbocycles. The van der Waals surface area contributed by atoms with E-state index in [1.54, 1.807) is 0 Å². The maximum atomic E-state index is 13.9. The summed E-state index contributed by atoms with van der Waals surface area (Å²) in [6.45, 7) is 1.46. The monoisotopic (exact) mass is 510 g/mol. The lowest BCUT2D eigenvalue weighted by Gasteiger charge is -2.14. The Kier molecular flexibility index (Phi) is 5.99. The summed E-state index contributed by atoms with van der Waals surface area (Å²) in [5, 5.41) is 0.310. The molecule has 1 heterocycles. The first kappa shape index (κ1) is 23.9. The minimum absolute atomic E-state index is 0.0863. The molecule has 0 aliphatic rings. The molecule has 4 aromatic rings. The molecule has 0 aliphatic carbocycles. The highest BCUT2D eigenvalue weighted by molar-refractivity contribution is 7.90. The molecule has 5 nitrogen and oxygen atoms in total. The third-order valence-corrected chi connectivity index (χ3v) is 6.27. The van der Waals surface area contributed by atoms with E-state index in [-0.39, 0.29) is 49.4 Å². The summed E-state index contributed by atoms with van der Waals surface area (Å²) in [7, 11) is -3.69. The second-order valence-corrected chi connectivity index (χ2v) is 9.88. The van der Waals surface area contributed by atoms with Crippen molar-refractivity contribution in [1.29, 1.82) is 0 Å². The summed E-state index contributed by atoms with van der Waals surface area (Å²) in [4.78, 5) is 8.02. The zero-order chi connectivity index (χ0) is 24.8. The molecule has 1 aromatic heterocycles. The maximum Gasteiger partial charge on any atom is 0.418 e. The standard InChI is InChI=1S/C23H15ClF4N2O3S/c1-12-29-21(17-4-3-5-19(22(17)30-12)23(26,27)28)18-11-14(6-7-20(18)24)33-15-8-13(25)9-16(10-15)34(2,31)32/h3-11H,1-2H3. The van der Waals surface area contributed by atoms with Crippen molar-refractivity contribution >= 4 is 32.3 Å². The SMILES string of the molecule is Cc1nc(-c2cc(Oc3cc(F)cc(S(C)(=O)=O)c3)ccc2Cl)c2cccc(C(F)(F)F)c2n1. The number of alkyl halides is 3. The number of aromatic nitrogens is 2. The number of halogens is 5. The summed E-state index contributed by atoms with van der Waals surface area (Å²) in [5.74, 6) is -0.661. The molecule has 0 fully saturated rings. The third kappa shape index (κ3) is 4.83. The fraction of sp³-hybridized carbons (Fsp3) is 0.130. The zero-order valence-corrected chi connectivity index (χ0v) is 19.2. The van der Waals surface area contributed by atoms with E-state index < -0.39 is 27.4 Å². The van der Waals surface area contributed by atoms with Crippen LogP contribution < -0.4 is 4.74 Å². The van der Waals surface area contributed by atoms with Gasteiger partial charge in [-0.1, -0.05) is 23.7 Å². The van der Waals surface area contributed by atoms with Crippen LogP contribution in [0, 0.1) is 12.7 Å². The van der Waals surface area contributed by atoms with E-state index in [1.807, 2.05) is 0 Å². The van der Waals surface area contributed by atoms with Crippen LogP contribution in [0.5, 0.6) is 11.5 Å². The first-order valence-electron chi connectivity index (χ1n) is 9.66. The second kappa shape index (κ2) is 8.52. The van der Waals surface area contributed by atoms with Gasteiger partial charge in [0, 0.05) is 23.3 Å². The maximum absolute atomic E-state index is 13.9. The highest BCUT2D eigenvalue weighted by atomic mass is 35.5. The van der Waals surface area contributed by atoms with Gasteiger partial charge < -0.3 is 4.74 Å². The summed E-state index contributed by atoms with van der Waals surface area (Å²) >= 11 is 6.35. The van der Waals surface area contributed by atoms with Crippen molar-refractivity contribution < 1.29 is 30.7 Å². The molecule has 0 radical (unpaired) electrons. The minimum atomic E-state index is -4.62. The first-order valence-corrected chi connectivity index (χ1v) is 11.9. The molecule has 0 spiro atoms. The third-order valence-electron chi connectivity index (χ3n) is 4.85. The van der Waals surface area contributed by atoms with Crippen molar-refractivity contribution in [3.63, 3.8) is 0 Å². The van der Waals surface area contributed by atoms with Gasteiger partial charge in [-0.15, -0.1) is 0 Å². The smallest absolute Gasteiger partial charge is 0.418 e. The van der Waals surface area contributed by atoms with Gasteiger partial charge in [-0.05, 0) is 43.3 Å². The molecule has 0 unspecified atom stereocenters. The average molecular weight is 511 g/mol. The van der Waals surface area contributed by atoms with E-state index in [9.17, 15) is 26.0 Å². The van der Waals surface area contributed by atoms with Crippen LogP contribution in [0.2, 0.25) is 5.02 Å². The Hall–Kier alpha value is -3.24. The van der Waals surface area contributed by atoms with Crippen LogP contribution in [-0.4, -0.2) is 24.6 Å². The van der Waals surface area contributed by atoms with Crippen molar-refractivity contribution in [2.75, 3.05) is 6.26 Å². The van der Waals surface area contributed by atoms with Crippen LogP contribution >= 0.6 is 11.6 Å². The quantitative estimate of drug-likeness (QED) is 0.289. The number of sulfone groups is 1. The molecular weight excluding hydrogens is 496 g/mol. The van der Waals surface area contributed by atoms with E-state index in [0.717, 1.165) is 30.5 Å². The van der Waals surface area contributed by atoms with Crippen molar-refractivity contribution in [2.45, 2.75) is 18.0 Å².